The summed E-state index contributed by atoms with van der Waals surface area (Å²) in [5.74, 6) is 0. The zero-order valence-corrected chi connectivity index (χ0v) is 12.9. The van der Waals surface area contributed by atoms with Crippen LogP contribution in [0.1, 0.15) is 5.69 Å². The van der Waals surface area contributed by atoms with E-state index in [2.05, 4.69) is 5.10 Å². The number of nitrogens with zero attached hydrogens (tertiary/aromatic N) is 3. The van der Waals surface area contributed by atoms with Gasteiger partial charge in [-0.2, -0.15) is 5.10 Å². The maximum Gasteiger partial charge on any atom is 0.242 e. The van der Waals surface area contributed by atoms with Crippen LogP contribution in [0.5, 0.6) is 0 Å². The lowest BCUT2D eigenvalue weighted by atomic mass is 10.3. The highest BCUT2D eigenvalue weighted by Gasteiger charge is 2.18. The van der Waals surface area contributed by atoms with Crippen molar-refractivity contribution in [2.75, 3.05) is 19.8 Å². The Morgan fingerprint density at radius 1 is 1.35 bits per heavy atom. The average molecular weight is 315 g/mol. The maximum atomic E-state index is 12.0. The molecule has 6 nitrogen and oxygen atoms in total. The molecule has 8 heteroatoms. The fraction of sp³-hybridized carbons (Fsp3) is 0.250. The van der Waals surface area contributed by atoms with Crippen molar-refractivity contribution in [1.82, 2.24) is 14.1 Å². The number of anilines is 1. The molecule has 1 heterocycles. The fourth-order valence-electron chi connectivity index (χ4n) is 1.67. The lowest BCUT2D eigenvalue weighted by Gasteiger charge is -2.13. The van der Waals surface area contributed by atoms with Gasteiger partial charge in [-0.05, 0) is 25.1 Å². The highest BCUT2D eigenvalue weighted by atomic mass is 35.5. The summed E-state index contributed by atoms with van der Waals surface area (Å²) in [6.07, 6.45) is 1.63. The van der Waals surface area contributed by atoms with Crippen LogP contribution in [0.15, 0.2) is 29.3 Å². The van der Waals surface area contributed by atoms with Crippen molar-refractivity contribution in [3.8, 4) is 5.69 Å². The Labute approximate surface area is 122 Å². The molecule has 20 heavy (non-hydrogen) atoms. The second kappa shape index (κ2) is 5.08. The van der Waals surface area contributed by atoms with E-state index in [1.807, 2.05) is 0 Å². The second-order valence-electron chi connectivity index (χ2n) is 4.52. The number of benzene rings is 1. The van der Waals surface area contributed by atoms with Gasteiger partial charge >= 0.3 is 0 Å². The summed E-state index contributed by atoms with van der Waals surface area (Å²) in [7, 11) is -0.567. The van der Waals surface area contributed by atoms with Crippen molar-refractivity contribution >= 4 is 27.3 Å². The van der Waals surface area contributed by atoms with Gasteiger partial charge in [-0.3, -0.25) is 0 Å². The summed E-state index contributed by atoms with van der Waals surface area (Å²) in [5, 5.41) is 4.74. The zero-order chi connectivity index (χ0) is 15.1. The molecule has 0 amide bonds. The number of rotatable bonds is 3. The number of nitrogen functional groups attached to an aromatic ring is 1. The number of sulfonamides is 1. The van der Waals surface area contributed by atoms with Crippen molar-refractivity contribution < 1.29 is 8.42 Å². The highest BCUT2D eigenvalue weighted by molar-refractivity contribution is 7.89. The van der Waals surface area contributed by atoms with Crippen LogP contribution in [0, 0.1) is 6.92 Å². The molecule has 2 aromatic rings. The van der Waals surface area contributed by atoms with E-state index in [0.717, 1.165) is 4.31 Å². The Kier molecular flexibility index (Phi) is 3.77. The highest BCUT2D eigenvalue weighted by Crippen LogP contribution is 2.24. The summed E-state index contributed by atoms with van der Waals surface area (Å²) < 4.78 is 26.7. The Morgan fingerprint density at radius 3 is 2.45 bits per heavy atom. The predicted octanol–water partition coefficient (Wildman–Crippen LogP) is 1.67. The van der Waals surface area contributed by atoms with E-state index in [0.29, 0.717) is 22.1 Å². The summed E-state index contributed by atoms with van der Waals surface area (Å²) in [6, 6.07) is 4.51. The van der Waals surface area contributed by atoms with Crippen molar-refractivity contribution in [3.05, 3.63) is 35.1 Å². The monoisotopic (exact) mass is 314 g/mol. The third kappa shape index (κ3) is 2.52. The van der Waals surface area contributed by atoms with Crippen molar-refractivity contribution in [3.63, 3.8) is 0 Å². The van der Waals surface area contributed by atoms with Gasteiger partial charge in [-0.25, -0.2) is 17.4 Å². The quantitative estimate of drug-likeness (QED) is 0.874. The Hall–Kier alpha value is -1.57. The van der Waals surface area contributed by atoms with E-state index < -0.39 is 10.0 Å². The largest absolute Gasteiger partial charge is 0.397 e. The third-order valence-corrected chi connectivity index (χ3v) is 5.05. The Bertz CT molecular complexity index is 733. The number of hydrogen-bond acceptors (Lipinski definition) is 4. The van der Waals surface area contributed by atoms with Gasteiger partial charge < -0.3 is 5.73 Å². The van der Waals surface area contributed by atoms with Gasteiger partial charge in [0.15, 0.2) is 0 Å². The molecule has 0 saturated carbocycles. The van der Waals surface area contributed by atoms with Crippen molar-refractivity contribution in [2.24, 2.45) is 0 Å². The second-order valence-corrected chi connectivity index (χ2v) is 7.07. The van der Waals surface area contributed by atoms with E-state index in [1.54, 1.807) is 19.2 Å². The van der Waals surface area contributed by atoms with E-state index in [1.165, 1.54) is 30.9 Å². The van der Waals surface area contributed by atoms with Crippen LogP contribution in [0.25, 0.3) is 5.69 Å². The van der Waals surface area contributed by atoms with Crippen LogP contribution in [0.4, 0.5) is 5.69 Å². The molecule has 0 bridgehead atoms. The molecule has 0 fully saturated rings. The normalized spacial score (nSPS) is 12.1. The Morgan fingerprint density at radius 2 is 2.00 bits per heavy atom. The van der Waals surface area contributed by atoms with Crippen LogP contribution in [-0.4, -0.2) is 36.6 Å². The van der Waals surface area contributed by atoms with Crippen LogP contribution >= 0.6 is 11.6 Å². The predicted molar refractivity (Wildman–Crippen MR) is 78.6 cm³/mol. The van der Waals surface area contributed by atoms with E-state index >= 15 is 0 Å². The van der Waals surface area contributed by atoms with Gasteiger partial charge in [-0.15, -0.1) is 0 Å². The van der Waals surface area contributed by atoms with Crippen molar-refractivity contribution in [1.29, 1.82) is 0 Å². The minimum atomic E-state index is -3.50. The number of aryl methyl sites for hydroxylation is 1. The molecule has 0 aliphatic heterocycles. The lowest BCUT2D eigenvalue weighted by molar-refractivity contribution is 0.521. The molecule has 0 spiro atoms. The first-order chi connectivity index (χ1) is 9.23. The average Bonchev–Trinajstić information content (AvgIpc) is 2.68. The van der Waals surface area contributed by atoms with Crippen LogP contribution in [0.3, 0.4) is 0 Å². The molecule has 0 atom stereocenters. The Balaban J connectivity index is 2.51. The number of halogens is 1. The molecule has 0 aliphatic rings. The SMILES string of the molecule is Cc1nn(-c2ccc(S(=O)(=O)N(C)C)cc2N)cc1Cl. The maximum absolute atomic E-state index is 12.0. The molecule has 108 valence electrons. The van der Waals surface area contributed by atoms with E-state index in [9.17, 15) is 8.42 Å². The van der Waals surface area contributed by atoms with Gasteiger partial charge in [0.05, 0.1) is 27.0 Å². The summed E-state index contributed by atoms with van der Waals surface area (Å²) >= 11 is 5.95. The number of aromatic nitrogens is 2. The van der Waals surface area contributed by atoms with Gasteiger partial charge in [0, 0.05) is 20.3 Å². The minimum absolute atomic E-state index is 0.138. The van der Waals surface area contributed by atoms with Crippen molar-refractivity contribution in [2.45, 2.75) is 11.8 Å². The first-order valence-electron chi connectivity index (χ1n) is 5.77. The molecular formula is C12H15ClN4O2S. The van der Waals surface area contributed by atoms with Crippen LogP contribution in [0.2, 0.25) is 5.02 Å². The molecule has 0 radical (unpaired) electrons. The minimum Gasteiger partial charge on any atom is -0.397 e. The summed E-state index contributed by atoms with van der Waals surface area (Å²) in [6.45, 7) is 1.78. The molecule has 0 aliphatic carbocycles. The van der Waals surface area contributed by atoms with Gasteiger partial charge in [-0.1, -0.05) is 11.6 Å². The van der Waals surface area contributed by atoms with E-state index in [4.69, 9.17) is 17.3 Å². The molecule has 2 rings (SSSR count). The number of hydrogen-bond donors (Lipinski definition) is 1. The van der Waals surface area contributed by atoms with Gasteiger partial charge in [0.1, 0.15) is 0 Å². The third-order valence-electron chi connectivity index (χ3n) is 2.86. The van der Waals surface area contributed by atoms with Gasteiger partial charge in [0.25, 0.3) is 0 Å². The molecular weight excluding hydrogens is 300 g/mol. The fourth-order valence-corrected chi connectivity index (χ4v) is 2.74. The van der Waals surface area contributed by atoms with E-state index in [-0.39, 0.29) is 4.90 Å². The summed E-state index contributed by atoms with van der Waals surface area (Å²) in [5.41, 5.74) is 7.49. The smallest absolute Gasteiger partial charge is 0.242 e. The lowest BCUT2D eigenvalue weighted by Crippen LogP contribution is -2.22. The van der Waals surface area contributed by atoms with Crippen LogP contribution < -0.4 is 5.73 Å². The zero-order valence-electron chi connectivity index (χ0n) is 11.3. The summed E-state index contributed by atoms with van der Waals surface area (Å²) in [4.78, 5) is 0.138. The number of nitrogens with two attached hydrogens (primary N) is 1. The first kappa shape index (κ1) is 14.8. The molecule has 0 saturated heterocycles. The molecule has 0 unspecified atom stereocenters. The first-order valence-corrected chi connectivity index (χ1v) is 7.59. The van der Waals surface area contributed by atoms with Gasteiger partial charge in [0.2, 0.25) is 10.0 Å². The molecule has 1 aromatic heterocycles. The van der Waals surface area contributed by atoms with Crippen LogP contribution in [-0.2, 0) is 10.0 Å². The topological polar surface area (TPSA) is 81.2 Å². The molecule has 2 N–H and O–H groups in total. The molecule has 1 aromatic carbocycles. The standard InChI is InChI=1S/C12H15ClN4O2S/c1-8-10(13)7-17(15-8)12-5-4-9(6-11(12)14)20(18,19)16(2)3/h4-7H,14H2,1-3H3.